The molecule has 0 fully saturated rings. The van der Waals surface area contributed by atoms with Crippen molar-refractivity contribution in [3.8, 4) is 6.07 Å². The molecule has 0 radical (unpaired) electrons. The molecular weight excluding hydrogens is 364 g/mol. The van der Waals surface area contributed by atoms with E-state index < -0.39 is 0 Å². The van der Waals surface area contributed by atoms with Gasteiger partial charge in [-0.05, 0) is 32.4 Å². The van der Waals surface area contributed by atoms with Gasteiger partial charge in [0.05, 0.1) is 21.9 Å². The Balaban J connectivity index is 0.000000509. The van der Waals surface area contributed by atoms with Gasteiger partial charge in [-0.15, -0.1) is 0 Å². The second-order valence-electron chi connectivity index (χ2n) is 5.28. The summed E-state index contributed by atoms with van der Waals surface area (Å²) < 4.78 is 0. The van der Waals surface area contributed by atoms with Gasteiger partial charge in [0, 0.05) is 20.6 Å². The third-order valence-electron chi connectivity index (χ3n) is 3.47. The van der Waals surface area contributed by atoms with Crippen LogP contribution < -0.4 is 33.2 Å². The number of rotatable bonds is 3. The first-order valence-electron chi connectivity index (χ1n) is 8.07. The van der Waals surface area contributed by atoms with Crippen LogP contribution in [-0.2, 0) is 4.79 Å². The summed E-state index contributed by atoms with van der Waals surface area (Å²) in [5, 5.41) is 13.3. The smallest absolute Gasteiger partial charge is 0.151 e. The van der Waals surface area contributed by atoms with E-state index in [0.29, 0.717) is 38.6 Å². The van der Waals surface area contributed by atoms with Gasteiger partial charge in [-0.25, -0.2) is 4.98 Å². The average molecular weight is 393 g/mol. The van der Waals surface area contributed by atoms with E-state index in [-0.39, 0.29) is 0 Å². The number of hydrogen-bond donors (Lipinski definition) is 5. The van der Waals surface area contributed by atoms with Crippen LogP contribution in [0, 0.1) is 18.3 Å². The summed E-state index contributed by atoms with van der Waals surface area (Å²) in [7, 11) is 3.66. The highest BCUT2D eigenvalue weighted by atomic mass is 32.1. The standard InChI is InChI=1S/C11H17N5.C4H7N3S.C2H4O/c1-5-16(4)11-8(6-12)7(2)9(13)10(14-3)15-11;5-2-1-3(6)8-4(2)7;1-2-3/h5,13H2,1-4H3,(H,14,15);1H,5-7H2;2H,1H3. The van der Waals surface area contributed by atoms with Crippen LogP contribution in [0.15, 0.2) is 6.07 Å². The van der Waals surface area contributed by atoms with Crippen molar-refractivity contribution in [2.45, 2.75) is 20.8 Å². The van der Waals surface area contributed by atoms with Crippen LogP contribution in [0.5, 0.6) is 0 Å². The van der Waals surface area contributed by atoms with E-state index in [0.717, 1.165) is 18.4 Å². The molecule has 0 aliphatic rings. The molecule has 0 aromatic carbocycles. The van der Waals surface area contributed by atoms with Crippen LogP contribution in [0.25, 0.3) is 0 Å². The average Bonchev–Trinajstić information content (AvgIpc) is 2.93. The number of nitrogens with zero attached hydrogens (tertiary/aromatic N) is 3. The summed E-state index contributed by atoms with van der Waals surface area (Å²) in [6, 6.07) is 3.81. The number of nitriles is 1. The fourth-order valence-electron chi connectivity index (χ4n) is 1.89. The number of nitrogen functional groups attached to an aromatic ring is 4. The van der Waals surface area contributed by atoms with E-state index in [2.05, 4.69) is 16.4 Å². The Bertz CT molecular complexity index is 778. The molecule has 9 N–H and O–H groups in total. The van der Waals surface area contributed by atoms with Gasteiger partial charge in [-0.2, -0.15) is 5.26 Å². The number of thiophene rings is 1. The Kier molecular flexibility index (Phi) is 10.1. The molecule has 0 unspecified atom stereocenters. The quantitative estimate of drug-likeness (QED) is 0.490. The first-order valence-corrected chi connectivity index (χ1v) is 8.88. The maximum atomic E-state index is 9.14. The molecular formula is C17H28N8OS. The van der Waals surface area contributed by atoms with Gasteiger partial charge in [0.25, 0.3) is 0 Å². The number of aromatic nitrogens is 1. The molecule has 10 heteroatoms. The van der Waals surface area contributed by atoms with Crippen LogP contribution >= 0.6 is 11.3 Å². The minimum atomic E-state index is 0.535. The highest BCUT2D eigenvalue weighted by Gasteiger charge is 2.16. The molecule has 2 aromatic heterocycles. The molecule has 2 rings (SSSR count). The van der Waals surface area contributed by atoms with Crippen molar-refractivity contribution in [2.24, 2.45) is 0 Å². The summed E-state index contributed by atoms with van der Waals surface area (Å²) in [4.78, 5) is 15.1. The monoisotopic (exact) mass is 392 g/mol. The van der Waals surface area contributed by atoms with E-state index in [1.54, 1.807) is 13.1 Å². The van der Waals surface area contributed by atoms with Crippen LogP contribution in [0.4, 0.5) is 33.0 Å². The lowest BCUT2D eigenvalue weighted by atomic mass is 10.1. The van der Waals surface area contributed by atoms with Gasteiger partial charge >= 0.3 is 0 Å². The number of carbonyl (C=O) groups is 1. The van der Waals surface area contributed by atoms with E-state index in [1.165, 1.54) is 18.3 Å². The molecule has 0 saturated carbocycles. The number of nitrogens with one attached hydrogen (secondary N) is 1. The minimum Gasteiger partial charge on any atom is -0.396 e. The molecule has 0 atom stereocenters. The summed E-state index contributed by atoms with van der Waals surface area (Å²) in [6.45, 7) is 6.07. The molecule has 0 saturated heterocycles. The first kappa shape index (κ1) is 23.8. The Morgan fingerprint density at radius 1 is 1.37 bits per heavy atom. The van der Waals surface area contributed by atoms with Gasteiger partial charge < -0.3 is 37.9 Å². The van der Waals surface area contributed by atoms with Crippen LogP contribution in [0.1, 0.15) is 25.0 Å². The number of anilines is 6. The van der Waals surface area contributed by atoms with Crippen molar-refractivity contribution in [3.63, 3.8) is 0 Å². The molecule has 0 aliphatic heterocycles. The zero-order chi connectivity index (χ0) is 21.1. The molecule has 9 nitrogen and oxygen atoms in total. The molecule has 2 heterocycles. The van der Waals surface area contributed by atoms with E-state index >= 15 is 0 Å². The fraction of sp³-hybridized carbons (Fsp3) is 0.353. The number of nitrogens with two attached hydrogens (primary N) is 4. The Hall–Kier alpha value is -3.19. The van der Waals surface area contributed by atoms with Crippen LogP contribution in [0.2, 0.25) is 0 Å². The van der Waals surface area contributed by atoms with Crippen LogP contribution in [0.3, 0.4) is 0 Å². The second kappa shape index (κ2) is 11.4. The zero-order valence-electron chi connectivity index (χ0n) is 16.3. The summed E-state index contributed by atoms with van der Waals surface area (Å²) in [6.07, 6.45) is 0.750. The maximum absolute atomic E-state index is 9.14. The Morgan fingerprint density at radius 2 is 1.93 bits per heavy atom. The SMILES string of the molecule is CC=O.CCN(C)c1nc(NC)c(N)c(C)c1C#N.Nc1cc(N)c(N)s1. The topological polar surface area (TPSA) is 173 Å². The minimum absolute atomic E-state index is 0.535. The van der Waals surface area contributed by atoms with Gasteiger partial charge in [-0.3, -0.25) is 0 Å². The Labute approximate surface area is 164 Å². The number of pyridine rings is 1. The molecule has 148 valence electrons. The first-order chi connectivity index (χ1) is 12.7. The van der Waals surface area contributed by atoms with Crippen molar-refractivity contribution >= 4 is 50.6 Å². The van der Waals surface area contributed by atoms with E-state index in [9.17, 15) is 0 Å². The summed E-state index contributed by atoms with van der Waals surface area (Å²) in [5.74, 6) is 1.29. The predicted octanol–water partition coefficient (Wildman–Crippen LogP) is 2.04. The zero-order valence-corrected chi connectivity index (χ0v) is 17.1. The largest absolute Gasteiger partial charge is 0.396 e. The Morgan fingerprint density at radius 3 is 2.22 bits per heavy atom. The number of hydrogen-bond acceptors (Lipinski definition) is 10. The molecule has 0 bridgehead atoms. The summed E-state index contributed by atoms with van der Waals surface area (Å²) >= 11 is 1.30. The maximum Gasteiger partial charge on any atom is 0.151 e. The van der Waals surface area contributed by atoms with Crippen molar-refractivity contribution in [1.29, 1.82) is 5.26 Å². The second-order valence-corrected chi connectivity index (χ2v) is 6.39. The van der Waals surface area contributed by atoms with Crippen LogP contribution in [-0.4, -0.2) is 31.9 Å². The third kappa shape index (κ3) is 6.56. The van der Waals surface area contributed by atoms with E-state index in [4.69, 9.17) is 33.0 Å². The third-order valence-corrected chi connectivity index (χ3v) is 4.28. The van der Waals surface area contributed by atoms with Crippen molar-refractivity contribution in [1.82, 2.24) is 4.98 Å². The van der Waals surface area contributed by atoms with Gasteiger partial charge in [0.1, 0.15) is 23.2 Å². The lowest BCUT2D eigenvalue weighted by molar-refractivity contribution is -0.106. The lowest BCUT2D eigenvalue weighted by Gasteiger charge is -2.20. The van der Waals surface area contributed by atoms with Crippen molar-refractivity contribution in [3.05, 3.63) is 17.2 Å². The number of carbonyl (C=O) groups excluding carboxylic acids is 1. The molecule has 0 spiro atoms. The fourth-order valence-corrected chi connectivity index (χ4v) is 2.51. The normalized spacial score (nSPS) is 9.04. The predicted molar refractivity (Wildman–Crippen MR) is 116 cm³/mol. The molecule has 0 aliphatic carbocycles. The van der Waals surface area contributed by atoms with Crippen molar-refractivity contribution in [2.75, 3.05) is 53.8 Å². The molecule has 0 amide bonds. The lowest BCUT2D eigenvalue weighted by Crippen LogP contribution is -2.20. The highest BCUT2D eigenvalue weighted by molar-refractivity contribution is 7.20. The molecule has 27 heavy (non-hydrogen) atoms. The van der Waals surface area contributed by atoms with Gasteiger partial charge in [0.2, 0.25) is 0 Å². The van der Waals surface area contributed by atoms with E-state index in [1.807, 2.05) is 25.8 Å². The van der Waals surface area contributed by atoms with Gasteiger partial charge in [-0.1, -0.05) is 11.3 Å². The highest BCUT2D eigenvalue weighted by Crippen LogP contribution is 2.30. The molecule has 2 aromatic rings. The summed E-state index contributed by atoms with van der Waals surface area (Å²) in [5.41, 5.74) is 24.4. The van der Waals surface area contributed by atoms with Gasteiger partial charge in [0.15, 0.2) is 5.82 Å². The number of aldehydes is 1. The van der Waals surface area contributed by atoms with Crippen molar-refractivity contribution < 1.29 is 4.79 Å².